The molecule has 3 N–H and O–H groups in total. The van der Waals surface area contributed by atoms with Gasteiger partial charge in [0.05, 0.1) is 12.4 Å². The van der Waals surface area contributed by atoms with E-state index in [0.29, 0.717) is 5.92 Å². The normalized spacial score (nSPS) is 21.5. The van der Waals surface area contributed by atoms with Crippen LogP contribution in [0.5, 0.6) is 0 Å². The molecule has 3 rings (SSSR count). The molecule has 0 spiro atoms. The summed E-state index contributed by atoms with van der Waals surface area (Å²) < 4.78 is 0. The van der Waals surface area contributed by atoms with Crippen LogP contribution in [-0.2, 0) is 6.42 Å². The SMILES string of the molecule is Cc1nc(NCCc2cnc[nH]2)cc(C2CC(O)C2)n1. The largest absolute Gasteiger partial charge is 0.393 e. The molecule has 6 heteroatoms. The first-order valence-electron chi connectivity index (χ1n) is 6.95. The van der Waals surface area contributed by atoms with Crippen molar-refractivity contribution in [3.63, 3.8) is 0 Å². The Labute approximate surface area is 117 Å². The standard InChI is InChI=1S/C14H19N5O/c1-9-18-13(10-4-12(20)5-10)6-14(19-9)16-3-2-11-7-15-8-17-11/h6-8,10,12,20H,2-5H2,1H3,(H,15,17)(H,16,18,19). The second kappa shape index (κ2) is 5.58. The van der Waals surface area contributed by atoms with Gasteiger partial charge in [0.25, 0.3) is 0 Å². The molecule has 2 aromatic heterocycles. The van der Waals surface area contributed by atoms with Crippen LogP contribution in [0.2, 0.25) is 0 Å². The number of aliphatic hydroxyl groups excluding tert-OH is 1. The zero-order valence-electron chi connectivity index (χ0n) is 11.5. The van der Waals surface area contributed by atoms with E-state index in [4.69, 9.17) is 0 Å². The van der Waals surface area contributed by atoms with Crippen LogP contribution in [-0.4, -0.2) is 37.7 Å². The lowest BCUT2D eigenvalue weighted by atomic mass is 9.80. The molecule has 6 nitrogen and oxygen atoms in total. The van der Waals surface area contributed by atoms with Crippen molar-refractivity contribution in [1.29, 1.82) is 0 Å². The van der Waals surface area contributed by atoms with Crippen LogP contribution in [0.25, 0.3) is 0 Å². The Bertz CT molecular complexity index is 563. The van der Waals surface area contributed by atoms with E-state index in [0.717, 1.165) is 48.8 Å². The number of hydrogen-bond donors (Lipinski definition) is 3. The maximum absolute atomic E-state index is 9.40. The number of aryl methyl sites for hydroxylation is 1. The second-order valence-electron chi connectivity index (χ2n) is 5.30. The maximum atomic E-state index is 9.40. The van der Waals surface area contributed by atoms with Crippen molar-refractivity contribution in [3.8, 4) is 0 Å². The van der Waals surface area contributed by atoms with Gasteiger partial charge in [-0.15, -0.1) is 0 Å². The highest BCUT2D eigenvalue weighted by Crippen LogP contribution is 2.36. The number of aromatic nitrogens is 4. The summed E-state index contributed by atoms with van der Waals surface area (Å²) in [6.45, 7) is 2.70. The number of hydrogen-bond acceptors (Lipinski definition) is 5. The molecule has 106 valence electrons. The molecule has 1 aliphatic carbocycles. The zero-order chi connectivity index (χ0) is 13.9. The number of anilines is 1. The molecule has 0 saturated heterocycles. The van der Waals surface area contributed by atoms with E-state index in [2.05, 4.69) is 25.3 Å². The number of rotatable bonds is 5. The Kier molecular flexibility index (Phi) is 3.64. The lowest BCUT2D eigenvalue weighted by molar-refractivity contribution is 0.0731. The Hall–Kier alpha value is -1.95. The highest BCUT2D eigenvalue weighted by molar-refractivity contribution is 5.37. The summed E-state index contributed by atoms with van der Waals surface area (Å²) in [6, 6.07) is 2.00. The van der Waals surface area contributed by atoms with Gasteiger partial charge in [-0.1, -0.05) is 0 Å². The van der Waals surface area contributed by atoms with Crippen LogP contribution in [0.4, 0.5) is 5.82 Å². The molecule has 0 amide bonds. The first-order chi connectivity index (χ1) is 9.70. The van der Waals surface area contributed by atoms with E-state index in [1.54, 1.807) is 6.33 Å². The number of nitrogens with zero attached hydrogens (tertiary/aromatic N) is 3. The van der Waals surface area contributed by atoms with Crippen molar-refractivity contribution in [1.82, 2.24) is 19.9 Å². The molecule has 1 saturated carbocycles. The molecule has 0 aliphatic heterocycles. The highest BCUT2D eigenvalue weighted by atomic mass is 16.3. The summed E-state index contributed by atoms with van der Waals surface area (Å²) in [5.41, 5.74) is 2.14. The average Bonchev–Trinajstić information content (AvgIpc) is 2.87. The van der Waals surface area contributed by atoms with Crippen LogP contribution in [0.3, 0.4) is 0 Å². The van der Waals surface area contributed by atoms with E-state index in [-0.39, 0.29) is 6.10 Å². The minimum absolute atomic E-state index is 0.160. The lowest BCUT2D eigenvalue weighted by Crippen LogP contribution is -2.27. The minimum Gasteiger partial charge on any atom is -0.393 e. The monoisotopic (exact) mass is 273 g/mol. The third-order valence-corrected chi connectivity index (χ3v) is 3.64. The van der Waals surface area contributed by atoms with Gasteiger partial charge in [-0.2, -0.15) is 0 Å². The number of nitrogens with one attached hydrogen (secondary N) is 2. The van der Waals surface area contributed by atoms with Gasteiger partial charge in [0.2, 0.25) is 0 Å². The predicted molar refractivity (Wildman–Crippen MR) is 75.5 cm³/mol. The molecule has 1 fully saturated rings. The molecule has 1 aliphatic rings. The summed E-state index contributed by atoms with van der Waals surface area (Å²) in [4.78, 5) is 15.9. The molecule has 0 atom stereocenters. The Morgan fingerprint density at radius 2 is 2.25 bits per heavy atom. The Morgan fingerprint density at radius 3 is 2.95 bits per heavy atom. The average molecular weight is 273 g/mol. The second-order valence-corrected chi connectivity index (χ2v) is 5.30. The van der Waals surface area contributed by atoms with Gasteiger partial charge in [0.15, 0.2) is 0 Å². The van der Waals surface area contributed by atoms with Crippen LogP contribution < -0.4 is 5.32 Å². The van der Waals surface area contributed by atoms with Gasteiger partial charge in [0.1, 0.15) is 11.6 Å². The van der Waals surface area contributed by atoms with Gasteiger partial charge < -0.3 is 15.4 Å². The third kappa shape index (κ3) is 2.96. The van der Waals surface area contributed by atoms with Crippen molar-refractivity contribution in [2.24, 2.45) is 0 Å². The molecule has 0 bridgehead atoms. The lowest BCUT2D eigenvalue weighted by Gasteiger charge is -2.31. The van der Waals surface area contributed by atoms with Crippen molar-refractivity contribution in [2.45, 2.75) is 38.2 Å². The minimum atomic E-state index is -0.160. The Morgan fingerprint density at radius 1 is 1.40 bits per heavy atom. The molecule has 0 aromatic carbocycles. The Balaban J connectivity index is 1.61. The summed E-state index contributed by atoms with van der Waals surface area (Å²) in [5, 5.41) is 12.7. The fourth-order valence-corrected chi connectivity index (χ4v) is 2.47. The van der Waals surface area contributed by atoms with Crippen LogP contribution in [0.15, 0.2) is 18.6 Å². The van der Waals surface area contributed by atoms with E-state index in [1.807, 2.05) is 19.2 Å². The summed E-state index contributed by atoms with van der Waals surface area (Å²) in [6.07, 6.45) is 5.85. The molecule has 2 aromatic rings. The van der Waals surface area contributed by atoms with E-state index >= 15 is 0 Å². The molecule has 20 heavy (non-hydrogen) atoms. The van der Waals surface area contributed by atoms with Gasteiger partial charge in [-0.05, 0) is 19.8 Å². The van der Waals surface area contributed by atoms with Gasteiger partial charge in [-0.3, -0.25) is 0 Å². The van der Waals surface area contributed by atoms with Gasteiger partial charge in [-0.25, -0.2) is 15.0 Å². The zero-order valence-corrected chi connectivity index (χ0v) is 11.5. The number of aromatic amines is 1. The molecule has 2 heterocycles. The third-order valence-electron chi connectivity index (χ3n) is 3.64. The van der Waals surface area contributed by atoms with Crippen LogP contribution in [0.1, 0.15) is 36.0 Å². The topological polar surface area (TPSA) is 86.7 Å². The van der Waals surface area contributed by atoms with E-state index < -0.39 is 0 Å². The van der Waals surface area contributed by atoms with Crippen molar-refractivity contribution < 1.29 is 5.11 Å². The smallest absolute Gasteiger partial charge is 0.129 e. The first-order valence-corrected chi connectivity index (χ1v) is 6.95. The molecule has 0 radical (unpaired) electrons. The highest BCUT2D eigenvalue weighted by Gasteiger charge is 2.30. The van der Waals surface area contributed by atoms with Crippen molar-refractivity contribution >= 4 is 5.82 Å². The van der Waals surface area contributed by atoms with E-state index in [9.17, 15) is 5.11 Å². The summed E-state index contributed by atoms with van der Waals surface area (Å²) >= 11 is 0. The predicted octanol–water partition coefficient (Wildman–Crippen LogP) is 1.40. The van der Waals surface area contributed by atoms with Crippen molar-refractivity contribution in [3.05, 3.63) is 35.8 Å². The van der Waals surface area contributed by atoms with Crippen LogP contribution in [0, 0.1) is 6.92 Å². The van der Waals surface area contributed by atoms with Crippen LogP contribution >= 0.6 is 0 Å². The maximum Gasteiger partial charge on any atom is 0.129 e. The molecular weight excluding hydrogens is 254 g/mol. The summed E-state index contributed by atoms with van der Waals surface area (Å²) in [5.74, 6) is 2.00. The molecular formula is C14H19N5O. The fraction of sp³-hybridized carbons (Fsp3) is 0.500. The van der Waals surface area contributed by atoms with Gasteiger partial charge in [0, 0.05) is 42.5 Å². The summed E-state index contributed by atoms with van der Waals surface area (Å²) in [7, 11) is 0. The first kappa shape index (κ1) is 13.1. The quantitative estimate of drug-likeness (QED) is 0.766. The number of H-pyrrole nitrogens is 1. The number of imidazole rings is 1. The van der Waals surface area contributed by atoms with E-state index in [1.165, 1.54) is 0 Å². The van der Waals surface area contributed by atoms with Gasteiger partial charge >= 0.3 is 0 Å². The van der Waals surface area contributed by atoms with Crippen molar-refractivity contribution in [2.75, 3.05) is 11.9 Å². The fourth-order valence-electron chi connectivity index (χ4n) is 2.47. The number of aliphatic hydroxyl groups is 1. The molecule has 0 unspecified atom stereocenters.